The molecule has 0 fully saturated rings. The van der Waals surface area contributed by atoms with Crippen molar-refractivity contribution in [1.82, 2.24) is 9.59 Å². The molecule has 0 spiro atoms. The first-order chi connectivity index (χ1) is 9.86. The molecule has 3 rings (SSSR count). The highest BCUT2D eigenvalue weighted by atomic mass is 32.1. The van der Waals surface area contributed by atoms with Crippen molar-refractivity contribution in [2.24, 2.45) is 0 Å². The minimum Gasteiger partial charge on any atom is -0.487 e. The quantitative estimate of drug-likeness (QED) is 0.885. The molecule has 0 aliphatic heterocycles. The first-order valence-electron chi connectivity index (χ1n) is 7.16. The molecule has 0 bridgehead atoms. The Morgan fingerprint density at radius 3 is 3.10 bits per heavy atom. The van der Waals surface area contributed by atoms with Crippen molar-refractivity contribution >= 4 is 16.5 Å². The van der Waals surface area contributed by atoms with Crippen LogP contribution in [0.2, 0.25) is 0 Å². The van der Waals surface area contributed by atoms with Crippen LogP contribution in [0.3, 0.4) is 0 Å². The van der Waals surface area contributed by atoms with Crippen LogP contribution in [0.1, 0.15) is 36.6 Å². The zero-order valence-corrected chi connectivity index (χ0v) is 12.5. The van der Waals surface area contributed by atoms with E-state index in [1.54, 1.807) is 0 Å². The zero-order chi connectivity index (χ0) is 13.8. The van der Waals surface area contributed by atoms with E-state index in [-0.39, 0.29) is 0 Å². The highest BCUT2D eigenvalue weighted by Crippen LogP contribution is 2.27. The maximum Gasteiger partial charge on any atom is 0.136 e. The summed E-state index contributed by atoms with van der Waals surface area (Å²) in [6.07, 6.45) is 4.73. The Kier molecular flexibility index (Phi) is 4.16. The van der Waals surface area contributed by atoms with Gasteiger partial charge in [0.15, 0.2) is 0 Å². The Labute approximate surface area is 123 Å². The molecule has 0 saturated carbocycles. The molecule has 5 heteroatoms. The number of hydrogen-bond donors (Lipinski definition) is 1. The van der Waals surface area contributed by atoms with Crippen LogP contribution in [-0.4, -0.2) is 16.1 Å². The van der Waals surface area contributed by atoms with Gasteiger partial charge in [0.2, 0.25) is 0 Å². The van der Waals surface area contributed by atoms with Crippen molar-refractivity contribution in [2.45, 2.75) is 39.2 Å². The summed E-state index contributed by atoms with van der Waals surface area (Å²) in [5.41, 5.74) is 3.80. The standard InChI is InChI=1S/C15H19N3OS/c1-2-8-16-15-14(17-18-20-15)10-19-13-7-6-11-4-3-5-12(11)9-13/h6-7,9,16H,2-5,8,10H2,1H3. The molecule has 1 aliphatic rings. The molecule has 1 aromatic carbocycles. The monoisotopic (exact) mass is 289 g/mol. The molecule has 0 atom stereocenters. The molecule has 0 amide bonds. The van der Waals surface area contributed by atoms with E-state index in [2.05, 4.69) is 40.0 Å². The van der Waals surface area contributed by atoms with Crippen molar-refractivity contribution in [2.75, 3.05) is 11.9 Å². The number of aromatic nitrogens is 2. The molecule has 1 aromatic heterocycles. The van der Waals surface area contributed by atoms with E-state index in [0.717, 1.165) is 29.4 Å². The van der Waals surface area contributed by atoms with Gasteiger partial charge in [-0.15, -0.1) is 5.10 Å². The van der Waals surface area contributed by atoms with Crippen molar-refractivity contribution in [3.8, 4) is 5.75 Å². The van der Waals surface area contributed by atoms with Gasteiger partial charge in [-0.1, -0.05) is 17.5 Å². The lowest BCUT2D eigenvalue weighted by atomic mass is 10.1. The Morgan fingerprint density at radius 1 is 1.30 bits per heavy atom. The van der Waals surface area contributed by atoms with E-state index in [9.17, 15) is 0 Å². The summed E-state index contributed by atoms with van der Waals surface area (Å²) < 4.78 is 9.85. The highest BCUT2D eigenvalue weighted by molar-refractivity contribution is 7.10. The smallest absolute Gasteiger partial charge is 0.136 e. The van der Waals surface area contributed by atoms with Crippen LogP contribution in [0.15, 0.2) is 18.2 Å². The normalized spacial score (nSPS) is 13.2. The molecule has 2 aromatic rings. The summed E-state index contributed by atoms with van der Waals surface area (Å²) in [5.74, 6) is 0.931. The second-order valence-electron chi connectivity index (χ2n) is 5.05. The number of hydrogen-bond acceptors (Lipinski definition) is 5. The number of nitrogens with zero attached hydrogens (tertiary/aromatic N) is 2. The van der Waals surface area contributed by atoms with E-state index >= 15 is 0 Å². The van der Waals surface area contributed by atoms with Crippen LogP contribution < -0.4 is 10.1 Å². The van der Waals surface area contributed by atoms with Crippen molar-refractivity contribution in [1.29, 1.82) is 0 Å². The van der Waals surface area contributed by atoms with Crippen LogP contribution in [0.25, 0.3) is 0 Å². The molecule has 0 saturated heterocycles. The van der Waals surface area contributed by atoms with Gasteiger partial charge in [-0.2, -0.15) is 0 Å². The van der Waals surface area contributed by atoms with Crippen LogP contribution in [0.5, 0.6) is 5.75 Å². The number of anilines is 1. The minimum atomic E-state index is 0.474. The maximum atomic E-state index is 5.86. The van der Waals surface area contributed by atoms with Gasteiger partial charge in [-0.3, -0.25) is 0 Å². The fourth-order valence-corrected chi connectivity index (χ4v) is 3.06. The first kappa shape index (κ1) is 13.4. The van der Waals surface area contributed by atoms with Crippen LogP contribution in [0, 0.1) is 0 Å². The van der Waals surface area contributed by atoms with Gasteiger partial charge in [0.25, 0.3) is 0 Å². The summed E-state index contributed by atoms with van der Waals surface area (Å²) in [4.78, 5) is 0. The Morgan fingerprint density at radius 2 is 2.20 bits per heavy atom. The first-order valence-corrected chi connectivity index (χ1v) is 7.94. The molecule has 0 radical (unpaired) electrons. The van der Waals surface area contributed by atoms with Gasteiger partial charge in [-0.05, 0) is 48.9 Å². The Balaban J connectivity index is 1.63. The van der Waals surface area contributed by atoms with E-state index in [1.807, 2.05) is 0 Å². The molecule has 1 N–H and O–H groups in total. The van der Waals surface area contributed by atoms with Gasteiger partial charge in [0.05, 0.1) is 0 Å². The summed E-state index contributed by atoms with van der Waals surface area (Å²) in [6, 6.07) is 6.41. The molecule has 20 heavy (non-hydrogen) atoms. The third-order valence-corrected chi connectivity index (χ3v) is 4.26. The predicted octanol–water partition coefficient (Wildman–Crippen LogP) is 3.43. The van der Waals surface area contributed by atoms with E-state index in [0.29, 0.717) is 6.61 Å². The van der Waals surface area contributed by atoms with Crippen molar-refractivity contribution < 1.29 is 4.74 Å². The molecule has 106 valence electrons. The lowest BCUT2D eigenvalue weighted by Crippen LogP contribution is -2.03. The Hall–Kier alpha value is -1.62. The third kappa shape index (κ3) is 2.93. The maximum absolute atomic E-state index is 5.86. The lowest BCUT2D eigenvalue weighted by Gasteiger charge is -2.08. The Bertz CT molecular complexity index is 582. The number of ether oxygens (including phenoxy) is 1. The molecular formula is C15H19N3OS. The van der Waals surface area contributed by atoms with Gasteiger partial charge in [-0.25, -0.2) is 0 Å². The minimum absolute atomic E-state index is 0.474. The second kappa shape index (κ2) is 6.22. The van der Waals surface area contributed by atoms with Crippen molar-refractivity contribution in [3.05, 3.63) is 35.0 Å². The largest absolute Gasteiger partial charge is 0.487 e. The SMILES string of the molecule is CCCNc1snnc1COc1ccc2c(c1)CCC2. The van der Waals surface area contributed by atoms with Gasteiger partial charge < -0.3 is 10.1 Å². The summed E-state index contributed by atoms with van der Waals surface area (Å²) in [7, 11) is 0. The van der Waals surface area contributed by atoms with E-state index < -0.39 is 0 Å². The number of rotatable bonds is 6. The molecular weight excluding hydrogens is 270 g/mol. The molecule has 0 unspecified atom stereocenters. The van der Waals surface area contributed by atoms with Crippen molar-refractivity contribution in [3.63, 3.8) is 0 Å². The lowest BCUT2D eigenvalue weighted by molar-refractivity contribution is 0.301. The van der Waals surface area contributed by atoms with Gasteiger partial charge >= 0.3 is 0 Å². The summed E-state index contributed by atoms with van der Waals surface area (Å²) >= 11 is 1.39. The fourth-order valence-electron chi connectivity index (χ4n) is 2.47. The summed E-state index contributed by atoms with van der Waals surface area (Å²) in [5, 5.41) is 8.49. The van der Waals surface area contributed by atoms with Crippen LogP contribution in [0.4, 0.5) is 5.00 Å². The fraction of sp³-hybridized carbons (Fsp3) is 0.467. The number of aryl methyl sites for hydroxylation is 2. The third-order valence-electron chi connectivity index (χ3n) is 3.54. The zero-order valence-electron chi connectivity index (χ0n) is 11.7. The van der Waals surface area contributed by atoms with E-state index in [4.69, 9.17) is 4.74 Å². The molecule has 1 aliphatic carbocycles. The van der Waals surface area contributed by atoms with Gasteiger partial charge in [0.1, 0.15) is 23.1 Å². The average molecular weight is 289 g/mol. The predicted molar refractivity (Wildman–Crippen MR) is 81.5 cm³/mol. The van der Waals surface area contributed by atoms with Crippen LogP contribution in [-0.2, 0) is 19.4 Å². The van der Waals surface area contributed by atoms with E-state index in [1.165, 1.54) is 41.9 Å². The number of fused-ring (bicyclic) bond motifs is 1. The molecule has 4 nitrogen and oxygen atoms in total. The number of nitrogens with one attached hydrogen (secondary N) is 1. The highest BCUT2D eigenvalue weighted by Gasteiger charge is 2.12. The molecule has 1 heterocycles. The summed E-state index contributed by atoms with van der Waals surface area (Å²) in [6.45, 7) is 3.55. The topological polar surface area (TPSA) is 47.0 Å². The van der Waals surface area contributed by atoms with Crippen LogP contribution >= 0.6 is 11.5 Å². The van der Waals surface area contributed by atoms with Gasteiger partial charge in [0, 0.05) is 18.1 Å². The number of benzene rings is 1. The second-order valence-corrected chi connectivity index (χ2v) is 5.80. The average Bonchev–Trinajstić information content (AvgIpc) is 3.11.